The number of anilines is 2. The van der Waals surface area contributed by atoms with E-state index < -0.39 is 67.4 Å². The molecule has 0 unspecified atom stereocenters. The molecular formula is C35H26Cl2N6NaO12S3+. The molecule has 0 atom stereocenters. The van der Waals surface area contributed by atoms with E-state index in [0.717, 1.165) is 30.3 Å². The normalized spacial score (nSPS) is 12.3. The number of nitrogens with two attached hydrogens (primary N) is 1. The summed E-state index contributed by atoms with van der Waals surface area (Å²) in [5.41, 5.74) is 5.43. The zero-order chi connectivity index (χ0) is 42.3. The minimum Gasteiger partial charge on any atom is -0.505 e. The standard InChI is InChI=1S/C35H26Cl2N6O12S3.Na/c1-2-55-29-16-27(40-41-28-14-26(37)30(15-25(28)36)57(49,50)51)24-13-21(56(46,47)48)8-10-23(24)32(29)42-43-33-31(58(52,53)54)12-18-11-20(7-9-22(18)34(33)44)39-35(45)17-3-5-19(38)6-4-17;/h3-16,44H,2,38H2,1H3,(H,39,45)(H,46,47,48)(H,49,50,51)(H,52,53,54);/q;+1. The van der Waals surface area contributed by atoms with E-state index in [9.17, 15) is 48.8 Å². The van der Waals surface area contributed by atoms with Gasteiger partial charge in [0.05, 0.1) is 27.2 Å². The number of hydrogen-bond acceptors (Lipinski definition) is 14. The molecule has 6 aromatic rings. The van der Waals surface area contributed by atoms with Gasteiger partial charge in [-0.3, -0.25) is 18.5 Å². The first-order valence-corrected chi connectivity index (χ1v) is 21.2. The van der Waals surface area contributed by atoms with Crippen molar-refractivity contribution in [2.75, 3.05) is 17.7 Å². The molecule has 0 bridgehead atoms. The Hall–Kier alpha value is -4.78. The number of hydrogen-bond donors (Lipinski definition) is 6. The molecular weight excluding hydrogens is 887 g/mol. The first-order chi connectivity index (χ1) is 27.1. The van der Waals surface area contributed by atoms with Crippen LogP contribution in [0.15, 0.2) is 120 Å². The first-order valence-electron chi connectivity index (χ1n) is 16.1. The topological polar surface area (TPSA) is 297 Å². The van der Waals surface area contributed by atoms with E-state index in [0.29, 0.717) is 5.69 Å². The smallest absolute Gasteiger partial charge is 0.505 e. The van der Waals surface area contributed by atoms with Crippen LogP contribution < -0.4 is 45.3 Å². The van der Waals surface area contributed by atoms with Gasteiger partial charge >= 0.3 is 29.6 Å². The number of nitrogens with one attached hydrogen (secondary N) is 1. The number of ether oxygens (including phenoxy) is 1. The van der Waals surface area contributed by atoms with Gasteiger partial charge in [0.1, 0.15) is 32.6 Å². The molecule has 6 rings (SSSR count). The summed E-state index contributed by atoms with van der Waals surface area (Å²) in [6.45, 7) is 1.60. The van der Waals surface area contributed by atoms with E-state index in [1.54, 1.807) is 6.92 Å². The predicted octanol–water partition coefficient (Wildman–Crippen LogP) is 5.81. The van der Waals surface area contributed by atoms with Crippen molar-refractivity contribution in [2.45, 2.75) is 21.6 Å². The molecule has 0 aliphatic carbocycles. The van der Waals surface area contributed by atoms with Crippen LogP contribution in [-0.2, 0) is 30.4 Å². The summed E-state index contributed by atoms with van der Waals surface area (Å²) in [5, 5.41) is 29.6. The molecule has 24 heteroatoms. The van der Waals surface area contributed by atoms with E-state index in [1.165, 1.54) is 54.6 Å². The maximum atomic E-state index is 12.8. The number of amides is 1. The fourth-order valence-electron chi connectivity index (χ4n) is 5.52. The zero-order valence-corrected chi connectivity index (χ0v) is 36.2. The Kier molecular flexibility index (Phi) is 13.4. The number of halogens is 2. The summed E-state index contributed by atoms with van der Waals surface area (Å²) >= 11 is 12.2. The summed E-state index contributed by atoms with van der Waals surface area (Å²) in [5.74, 6) is -1.34. The van der Waals surface area contributed by atoms with E-state index in [1.807, 2.05) is 0 Å². The van der Waals surface area contributed by atoms with E-state index >= 15 is 0 Å². The Morgan fingerprint density at radius 2 is 1.32 bits per heavy atom. The molecule has 0 saturated heterocycles. The van der Waals surface area contributed by atoms with Crippen LogP contribution in [0.4, 0.5) is 34.1 Å². The molecule has 0 aromatic heterocycles. The number of fused-ring (bicyclic) bond motifs is 2. The average molecular weight is 913 g/mol. The number of carbonyl (C=O) groups is 1. The monoisotopic (exact) mass is 911 g/mol. The Bertz CT molecular complexity index is 3100. The van der Waals surface area contributed by atoms with Crippen molar-refractivity contribution >= 4 is 115 Å². The van der Waals surface area contributed by atoms with Crippen LogP contribution in [0.3, 0.4) is 0 Å². The number of rotatable bonds is 11. The number of azo groups is 2. The SMILES string of the molecule is CCOc1cc(N=Nc2cc(Cl)c(S(=O)(=O)O)cc2Cl)c2cc(S(=O)(=O)O)ccc2c1N=Nc1c(S(=O)(=O)O)cc2cc(NC(=O)c3ccc(N)cc3)ccc2c1O.[Na+]. The Morgan fingerprint density at radius 1 is 0.695 bits per heavy atom. The van der Waals surface area contributed by atoms with Crippen LogP contribution in [0.1, 0.15) is 17.3 Å². The third kappa shape index (κ3) is 9.99. The molecule has 300 valence electrons. The van der Waals surface area contributed by atoms with Gasteiger partial charge in [-0.25, -0.2) is 0 Å². The van der Waals surface area contributed by atoms with Crippen LogP contribution in [0.25, 0.3) is 21.5 Å². The number of nitrogen functional groups attached to an aromatic ring is 1. The number of phenols is 1. The van der Waals surface area contributed by atoms with Crippen LogP contribution in [-0.4, -0.2) is 56.5 Å². The number of benzene rings is 6. The van der Waals surface area contributed by atoms with Crippen LogP contribution in [0.2, 0.25) is 10.0 Å². The number of aromatic hydroxyl groups is 1. The quantitative estimate of drug-likeness (QED) is 0.0387. The van der Waals surface area contributed by atoms with Crippen molar-refractivity contribution in [3.8, 4) is 11.5 Å². The molecule has 0 spiro atoms. The summed E-state index contributed by atoms with van der Waals surface area (Å²) in [6, 6.07) is 17.5. The predicted molar refractivity (Wildman–Crippen MR) is 214 cm³/mol. The minimum atomic E-state index is -5.11. The van der Waals surface area contributed by atoms with Crippen LogP contribution in [0.5, 0.6) is 11.5 Å². The molecule has 7 N–H and O–H groups in total. The van der Waals surface area contributed by atoms with Gasteiger partial charge in [-0.05, 0) is 85.1 Å². The molecule has 0 fully saturated rings. The third-order valence-corrected chi connectivity index (χ3v) is 11.5. The maximum Gasteiger partial charge on any atom is 1.00 e. The summed E-state index contributed by atoms with van der Waals surface area (Å²) in [4.78, 5) is 10.6. The van der Waals surface area contributed by atoms with E-state index in [2.05, 4.69) is 25.8 Å². The fourth-order valence-corrected chi connectivity index (χ4v) is 7.97. The third-order valence-electron chi connectivity index (χ3n) is 8.18. The van der Waals surface area contributed by atoms with E-state index in [4.69, 9.17) is 33.7 Å². The molecule has 1 amide bonds. The van der Waals surface area contributed by atoms with Gasteiger partial charge in [-0.15, -0.1) is 20.5 Å². The molecule has 0 aliphatic rings. The van der Waals surface area contributed by atoms with Gasteiger partial charge in [-0.2, -0.15) is 25.3 Å². The second-order valence-corrected chi connectivity index (χ2v) is 17.0. The largest absolute Gasteiger partial charge is 1.00 e. The number of carbonyl (C=O) groups excluding carboxylic acids is 1. The van der Waals surface area contributed by atoms with Crippen molar-refractivity contribution in [2.24, 2.45) is 20.5 Å². The fraction of sp³-hybridized carbons (Fsp3) is 0.0571. The second kappa shape index (κ2) is 17.4. The summed E-state index contributed by atoms with van der Waals surface area (Å²) in [7, 11) is -14.7. The van der Waals surface area contributed by atoms with Gasteiger partial charge in [-0.1, -0.05) is 29.3 Å². The van der Waals surface area contributed by atoms with Crippen molar-refractivity contribution in [1.82, 2.24) is 0 Å². The average Bonchev–Trinajstić information content (AvgIpc) is 3.14. The van der Waals surface area contributed by atoms with Crippen LogP contribution >= 0.6 is 23.2 Å². The van der Waals surface area contributed by atoms with Gasteiger partial charge in [0.25, 0.3) is 36.3 Å². The second-order valence-electron chi connectivity index (χ2n) is 12.0. The zero-order valence-electron chi connectivity index (χ0n) is 30.2. The van der Waals surface area contributed by atoms with Gasteiger partial charge in [0.2, 0.25) is 0 Å². The van der Waals surface area contributed by atoms with Crippen molar-refractivity contribution in [3.63, 3.8) is 0 Å². The molecule has 59 heavy (non-hydrogen) atoms. The Labute approximate surface area is 367 Å². The van der Waals surface area contributed by atoms with Crippen molar-refractivity contribution < 1.29 is 83.1 Å². The number of nitrogens with zero attached hydrogens (tertiary/aromatic N) is 4. The van der Waals surface area contributed by atoms with Gasteiger partial charge in [0.15, 0.2) is 5.75 Å². The first kappa shape index (κ1) is 45.3. The molecule has 0 aliphatic heterocycles. The molecule has 18 nitrogen and oxygen atoms in total. The summed E-state index contributed by atoms with van der Waals surface area (Å²) < 4.78 is 108. The number of phenolic OH excluding ortho intramolecular Hbond substituents is 1. The van der Waals surface area contributed by atoms with Crippen molar-refractivity contribution in [3.05, 3.63) is 101 Å². The minimum absolute atomic E-state index is 0. The van der Waals surface area contributed by atoms with Crippen molar-refractivity contribution in [1.29, 1.82) is 0 Å². The Morgan fingerprint density at radius 3 is 1.95 bits per heavy atom. The molecule has 0 radical (unpaired) electrons. The molecule has 0 heterocycles. The molecule has 0 saturated carbocycles. The Balaban J connectivity index is 0.00000661. The van der Waals surface area contributed by atoms with E-state index in [-0.39, 0.29) is 96.8 Å². The van der Waals surface area contributed by atoms with Gasteiger partial charge in [0, 0.05) is 39.2 Å². The maximum absolute atomic E-state index is 12.8. The van der Waals surface area contributed by atoms with Gasteiger partial charge < -0.3 is 20.9 Å². The van der Waals surface area contributed by atoms with Crippen LogP contribution in [0, 0.1) is 0 Å². The molecule has 6 aromatic carbocycles. The summed E-state index contributed by atoms with van der Waals surface area (Å²) in [6.07, 6.45) is 0.